The largest absolute Gasteiger partial charge is 0.326 e. The van der Waals surface area contributed by atoms with Crippen LogP contribution in [-0.2, 0) is 0 Å². The maximum Gasteiger partial charge on any atom is 0.0507 e. The second kappa shape index (κ2) is 8.00. The minimum absolute atomic E-state index is 0.144. The van der Waals surface area contributed by atoms with Gasteiger partial charge >= 0.3 is 0 Å². The van der Waals surface area contributed by atoms with E-state index < -0.39 is 0 Å². The topological polar surface area (TPSA) is 32.5 Å². The Bertz CT molecular complexity index is 381. The number of nitrogens with zero attached hydrogens (tertiary/aromatic N) is 2. The van der Waals surface area contributed by atoms with E-state index in [2.05, 4.69) is 72.0 Å². The number of halogens is 1. The molecule has 0 saturated carbocycles. The molecule has 0 aliphatic carbocycles. The third kappa shape index (κ3) is 4.88. The number of benzene rings is 1. The number of hydrogen-bond donors (Lipinski definition) is 1. The normalized spacial score (nSPS) is 14.9. The summed E-state index contributed by atoms with van der Waals surface area (Å²) < 4.78 is 1.14. The van der Waals surface area contributed by atoms with E-state index in [1.807, 2.05) is 6.07 Å². The summed E-state index contributed by atoms with van der Waals surface area (Å²) >= 11 is 3.65. The summed E-state index contributed by atoms with van der Waals surface area (Å²) in [7, 11) is 6.35. The van der Waals surface area contributed by atoms with E-state index >= 15 is 0 Å². The van der Waals surface area contributed by atoms with Gasteiger partial charge in [-0.15, -0.1) is 0 Å². The molecule has 0 aliphatic heterocycles. The van der Waals surface area contributed by atoms with Crippen molar-refractivity contribution in [2.45, 2.75) is 25.4 Å². The van der Waals surface area contributed by atoms with E-state index in [4.69, 9.17) is 5.73 Å². The Balaban J connectivity index is 2.92. The van der Waals surface area contributed by atoms with E-state index in [0.717, 1.165) is 24.0 Å². The molecule has 3 nitrogen and oxygen atoms in total. The molecule has 0 aromatic heterocycles. The highest BCUT2D eigenvalue weighted by molar-refractivity contribution is 9.10. The van der Waals surface area contributed by atoms with Crippen molar-refractivity contribution < 1.29 is 0 Å². The molecule has 19 heavy (non-hydrogen) atoms. The summed E-state index contributed by atoms with van der Waals surface area (Å²) in [6.45, 7) is 4.19. The second-order valence-corrected chi connectivity index (χ2v) is 6.18. The Kier molecular flexibility index (Phi) is 7.00. The molecule has 2 unspecified atom stereocenters. The molecule has 0 fully saturated rings. The van der Waals surface area contributed by atoms with Crippen LogP contribution in [0.25, 0.3) is 0 Å². The van der Waals surface area contributed by atoms with Gasteiger partial charge in [-0.3, -0.25) is 4.90 Å². The maximum atomic E-state index is 6.35. The van der Waals surface area contributed by atoms with Crippen LogP contribution in [0, 0.1) is 0 Å². The van der Waals surface area contributed by atoms with Crippen molar-refractivity contribution in [1.82, 2.24) is 9.80 Å². The minimum atomic E-state index is 0.144. The van der Waals surface area contributed by atoms with Crippen LogP contribution in [-0.4, -0.2) is 50.1 Å². The van der Waals surface area contributed by atoms with E-state index in [0.29, 0.717) is 0 Å². The van der Waals surface area contributed by atoms with Crippen LogP contribution in [0.4, 0.5) is 0 Å². The molecule has 4 heteroatoms. The van der Waals surface area contributed by atoms with Gasteiger partial charge in [-0.05, 0) is 39.2 Å². The van der Waals surface area contributed by atoms with Crippen LogP contribution in [0.5, 0.6) is 0 Å². The summed E-state index contributed by atoms with van der Waals surface area (Å²) in [6, 6.07) is 8.77. The SMILES string of the molecule is CCC(N)C(c1ccccc1Br)N(C)CCN(C)C. The molecule has 1 aromatic rings. The number of rotatable bonds is 7. The summed E-state index contributed by atoms with van der Waals surface area (Å²) in [5, 5.41) is 0. The lowest BCUT2D eigenvalue weighted by molar-refractivity contribution is 0.190. The van der Waals surface area contributed by atoms with Gasteiger partial charge in [-0.2, -0.15) is 0 Å². The first-order valence-electron chi connectivity index (χ1n) is 6.82. The van der Waals surface area contributed by atoms with Crippen LogP contribution in [0.3, 0.4) is 0 Å². The van der Waals surface area contributed by atoms with Crippen LogP contribution >= 0.6 is 15.9 Å². The molecule has 0 bridgehead atoms. The number of nitrogens with two attached hydrogens (primary N) is 1. The van der Waals surface area contributed by atoms with Crippen molar-refractivity contribution in [1.29, 1.82) is 0 Å². The Morgan fingerprint density at radius 3 is 2.32 bits per heavy atom. The minimum Gasteiger partial charge on any atom is -0.326 e. The summed E-state index contributed by atoms with van der Waals surface area (Å²) in [6.07, 6.45) is 0.971. The van der Waals surface area contributed by atoms with E-state index in [-0.39, 0.29) is 12.1 Å². The molecule has 1 aromatic carbocycles. The first kappa shape index (κ1) is 16.6. The van der Waals surface area contributed by atoms with Crippen LogP contribution < -0.4 is 5.73 Å². The predicted octanol–water partition coefficient (Wildman–Crippen LogP) is 2.72. The molecule has 0 amide bonds. The third-order valence-electron chi connectivity index (χ3n) is 3.48. The fourth-order valence-corrected chi connectivity index (χ4v) is 2.75. The fraction of sp³-hybridized carbons (Fsp3) is 0.600. The van der Waals surface area contributed by atoms with Crippen molar-refractivity contribution in [3.8, 4) is 0 Å². The zero-order valence-electron chi connectivity index (χ0n) is 12.4. The van der Waals surface area contributed by atoms with Crippen molar-refractivity contribution in [2.24, 2.45) is 5.73 Å². The quantitative estimate of drug-likeness (QED) is 0.835. The standard InChI is InChI=1S/C15H26BrN3/c1-5-14(17)15(19(4)11-10-18(2)3)12-8-6-7-9-13(12)16/h6-9,14-15H,5,10-11,17H2,1-4H3. The zero-order chi connectivity index (χ0) is 14.4. The molecule has 0 radical (unpaired) electrons. The highest BCUT2D eigenvalue weighted by atomic mass is 79.9. The Morgan fingerprint density at radius 1 is 1.16 bits per heavy atom. The van der Waals surface area contributed by atoms with E-state index in [9.17, 15) is 0 Å². The molecule has 0 saturated heterocycles. The lowest BCUT2D eigenvalue weighted by Crippen LogP contribution is -2.41. The molecular formula is C15H26BrN3. The van der Waals surface area contributed by atoms with Crippen molar-refractivity contribution in [2.75, 3.05) is 34.2 Å². The Morgan fingerprint density at radius 2 is 1.79 bits per heavy atom. The van der Waals surface area contributed by atoms with E-state index in [1.54, 1.807) is 0 Å². The van der Waals surface area contributed by atoms with Crippen molar-refractivity contribution in [3.63, 3.8) is 0 Å². The molecule has 0 spiro atoms. The lowest BCUT2D eigenvalue weighted by Gasteiger charge is -2.34. The van der Waals surface area contributed by atoms with Crippen LogP contribution in [0.15, 0.2) is 28.7 Å². The van der Waals surface area contributed by atoms with Gasteiger partial charge in [0.05, 0.1) is 6.04 Å². The van der Waals surface area contributed by atoms with E-state index in [1.165, 1.54) is 5.56 Å². The van der Waals surface area contributed by atoms with Gasteiger partial charge in [0.2, 0.25) is 0 Å². The molecule has 0 heterocycles. The highest BCUT2D eigenvalue weighted by Crippen LogP contribution is 2.29. The summed E-state index contributed by atoms with van der Waals surface area (Å²) in [5.74, 6) is 0. The predicted molar refractivity (Wildman–Crippen MR) is 86.3 cm³/mol. The smallest absolute Gasteiger partial charge is 0.0507 e. The van der Waals surface area contributed by atoms with Gasteiger partial charge in [0.1, 0.15) is 0 Å². The van der Waals surface area contributed by atoms with Gasteiger partial charge < -0.3 is 10.6 Å². The Labute approximate surface area is 125 Å². The van der Waals surface area contributed by atoms with Crippen LogP contribution in [0.1, 0.15) is 24.9 Å². The van der Waals surface area contributed by atoms with Gasteiger partial charge in [0.15, 0.2) is 0 Å². The molecular weight excluding hydrogens is 302 g/mol. The summed E-state index contributed by atoms with van der Waals surface area (Å²) in [4.78, 5) is 4.55. The zero-order valence-corrected chi connectivity index (χ0v) is 14.0. The number of likely N-dealkylation sites (N-methyl/N-ethyl adjacent to an activating group) is 2. The fourth-order valence-electron chi connectivity index (χ4n) is 2.23. The van der Waals surface area contributed by atoms with Crippen LogP contribution in [0.2, 0.25) is 0 Å². The maximum absolute atomic E-state index is 6.35. The third-order valence-corrected chi connectivity index (χ3v) is 4.20. The average molecular weight is 328 g/mol. The first-order valence-corrected chi connectivity index (χ1v) is 7.61. The second-order valence-electron chi connectivity index (χ2n) is 5.32. The monoisotopic (exact) mass is 327 g/mol. The molecule has 0 aliphatic rings. The van der Waals surface area contributed by atoms with Gasteiger partial charge in [-0.25, -0.2) is 0 Å². The Hall–Kier alpha value is -0.420. The van der Waals surface area contributed by atoms with Crippen molar-refractivity contribution >= 4 is 15.9 Å². The molecule has 2 atom stereocenters. The van der Waals surface area contributed by atoms with Gasteiger partial charge in [0.25, 0.3) is 0 Å². The average Bonchev–Trinajstić information content (AvgIpc) is 2.38. The van der Waals surface area contributed by atoms with Crippen molar-refractivity contribution in [3.05, 3.63) is 34.3 Å². The van der Waals surface area contributed by atoms with Gasteiger partial charge in [0, 0.05) is 23.6 Å². The molecule has 1 rings (SSSR count). The molecule has 108 valence electrons. The number of hydrogen-bond acceptors (Lipinski definition) is 3. The highest BCUT2D eigenvalue weighted by Gasteiger charge is 2.24. The van der Waals surface area contributed by atoms with Gasteiger partial charge in [-0.1, -0.05) is 41.1 Å². The first-order chi connectivity index (χ1) is 8.97. The lowest BCUT2D eigenvalue weighted by atomic mass is 9.96. The summed E-state index contributed by atoms with van der Waals surface area (Å²) in [5.41, 5.74) is 7.63. The molecule has 2 N–H and O–H groups in total.